The lowest BCUT2D eigenvalue weighted by Crippen LogP contribution is -2.15. The lowest BCUT2D eigenvalue weighted by atomic mass is 10.1. The van der Waals surface area contributed by atoms with Crippen molar-refractivity contribution in [3.63, 3.8) is 0 Å². The number of nitrogens with one attached hydrogen (secondary N) is 2. The van der Waals surface area contributed by atoms with Crippen molar-refractivity contribution in [1.82, 2.24) is 0 Å². The zero-order chi connectivity index (χ0) is 20.7. The van der Waals surface area contributed by atoms with Gasteiger partial charge in [0.1, 0.15) is 13.0 Å². The molecule has 1 amide bonds. The highest BCUT2D eigenvalue weighted by atomic mass is 35.5. The van der Waals surface area contributed by atoms with Gasteiger partial charge < -0.3 is 20.5 Å². The second-order valence-corrected chi connectivity index (χ2v) is 7.12. The normalized spacial score (nSPS) is 10.4. The molecule has 6 nitrogen and oxygen atoms in total. The highest BCUT2D eigenvalue weighted by molar-refractivity contribution is 6.37. The van der Waals surface area contributed by atoms with Crippen LogP contribution in [0.25, 0.3) is 0 Å². The smallest absolute Gasteiger partial charge is 0.312 e. The van der Waals surface area contributed by atoms with Crippen LogP contribution in [0.1, 0.15) is 30.9 Å². The number of carboxylic acids is 1. The second kappa shape index (κ2) is 10.2. The number of halogens is 2. The fraction of sp³-hybridized carbons (Fsp3) is 0.300. The summed E-state index contributed by atoms with van der Waals surface area (Å²) in [5.74, 6) is -1.59. The molecular weight excluding hydrogens is 403 g/mol. The molecule has 0 saturated carbocycles. The van der Waals surface area contributed by atoms with Gasteiger partial charge in [0, 0.05) is 17.9 Å². The maximum atomic E-state index is 11.6. The molecule has 2 rings (SSSR count). The molecule has 0 aliphatic heterocycles. The first kappa shape index (κ1) is 21.9. The number of aryl methyl sites for hydroxylation is 1. The van der Waals surface area contributed by atoms with Crippen molar-refractivity contribution >= 4 is 46.5 Å². The lowest BCUT2D eigenvalue weighted by Gasteiger charge is -2.14. The first-order valence-corrected chi connectivity index (χ1v) is 9.52. The van der Waals surface area contributed by atoms with E-state index < -0.39 is 18.3 Å². The first-order chi connectivity index (χ1) is 13.3. The Labute approximate surface area is 173 Å². The second-order valence-electron chi connectivity index (χ2n) is 6.31. The zero-order valence-corrected chi connectivity index (χ0v) is 17.2. The summed E-state index contributed by atoms with van der Waals surface area (Å²) in [5.41, 5.74) is 3.39. The Balaban J connectivity index is 2.09. The number of rotatable bonds is 9. The summed E-state index contributed by atoms with van der Waals surface area (Å²) in [5, 5.41) is 14.9. The van der Waals surface area contributed by atoms with Crippen LogP contribution in [0.4, 0.5) is 11.4 Å². The van der Waals surface area contributed by atoms with Crippen LogP contribution in [-0.4, -0.2) is 23.5 Å². The summed E-state index contributed by atoms with van der Waals surface area (Å²) in [6.07, 6.45) is 0.385. The molecule has 0 heterocycles. The van der Waals surface area contributed by atoms with E-state index >= 15 is 0 Å². The van der Waals surface area contributed by atoms with Gasteiger partial charge in [0.2, 0.25) is 5.91 Å². The van der Waals surface area contributed by atoms with Crippen LogP contribution in [-0.2, 0) is 16.2 Å². The molecule has 150 valence electrons. The molecule has 0 aliphatic carbocycles. The summed E-state index contributed by atoms with van der Waals surface area (Å²) >= 11 is 12.5. The van der Waals surface area contributed by atoms with Crippen LogP contribution >= 0.6 is 23.2 Å². The predicted molar refractivity (Wildman–Crippen MR) is 112 cm³/mol. The topological polar surface area (TPSA) is 87.7 Å². The van der Waals surface area contributed by atoms with Crippen molar-refractivity contribution in [1.29, 1.82) is 0 Å². The van der Waals surface area contributed by atoms with Gasteiger partial charge in [-0.25, -0.2) is 0 Å². The minimum Gasteiger partial charge on any atom is -0.486 e. The number of carboxylic acid groups (broad SMARTS) is 1. The van der Waals surface area contributed by atoms with E-state index in [0.717, 1.165) is 29.8 Å². The van der Waals surface area contributed by atoms with E-state index in [1.807, 2.05) is 19.1 Å². The van der Waals surface area contributed by atoms with E-state index in [1.54, 1.807) is 0 Å². The molecule has 0 bridgehead atoms. The van der Waals surface area contributed by atoms with E-state index in [-0.39, 0.29) is 16.7 Å². The van der Waals surface area contributed by atoms with Crippen molar-refractivity contribution in [3.05, 3.63) is 51.5 Å². The fourth-order valence-electron chi connectivity index (χ4n) is 2.59. The van der Waals surface area contributed by atoms with Crippen LogP contribution in [0, 0.1) is 6.92 Å². The maximum Gasteiger partial charge on any atom is 0.312 e. The van der Waals surface area contributed by atoms with Crippen molar-refractivity contribution < 1.29 is 19.4 Å². The van der Waals surface area contributed by atoms with Crippen LogP contribution in [0.15, 0.2) is 30.3 Å². The Hall–Kier alpha value is -2.44. The Morgan fingerprint density at radius 1 is 1.07 bits per heavy atom. The number of benzene rings is 2. The SMILES string of the molecule is CCCNc1cc(C)cc(COc2c(Cl)cc(NC(=O)CC(=O)O)cc2Cl)c1. The van der Waals surface area contributed by atoms with Gasteiger partial charge in [-0.05, 0) is 48.7 Å². The number of carbonyl (C=O) groups excluding carboxylic acids is 1. The molecule has 0 saturated heterocycles. The molecule has 0 radical (unpaired) electrons. The zero-order valence-electron chi connectivity index (χ0n) is 15.6. The molecule has 2 aromatic rings. The number of hydrogen-bond donors (Lipinski definition) is 3. The quantitative estimate of drug-likeness (QED) is 0.486. The Bertz CT molecular complexity index is 848. The van der Waals surface area contributed by atoms with E-state index in [2.05, 4.69) is 23.6 Å². The largest absolute Gasteiger partial charge is 0.486 e. The fourth-order valence-corrected chi connectivity index (χ4v) is 3.18. The molecule has 28 heavy (non-hydrogen) atoms. The Kier molecular flexibility index (Phi) is 7.96. The van der Waals surface area contributed by atoms with Crippen LogP contribution in [0.5, 0.6) is 5.75 Å². The third-order valence-electron chi connectivity index (χ3n) is 3.69. The van der Waals surface area contributed by atoms with Gasteiger partial charge in [-0.15, -0.1) is 0 Å². The van der Waals surface area contributed by atoms with Gasteiger partial charge in [0.15, 0.2) is 5.75 Å². The van der Waals surface area contributed by atoms with Crippen LogP contribution in [0.3, 0.4) is 0 Å². The molecule has 0 atom stereocenters. The highest BCUT2D eigenvalue weighted by Gasteiger charge is 2.13. The Morgan fingerprint density at radius 2 is 1.75 bits per heavy atom. The number of carbonyl (C=O) groups is 2. The van der Waals surface area contributed by atoms with Gasteiger partial charge in [-0.2, -0.15) is 0 Å². The summed E-state index contributed by atoms with van der Waals surface area (Å²) in [7, 11) is 0. The van der Waals surface area contributed by atoms with Gasteiger partial charge in [-0.1, -0.05) is 36.2 Å². The molecule has 3 N–H and O–H groups in total. The number of ether oxygens (including phenoxy) is 1. The summed E-state index contributed by atoms with van der Waals surface area (Å²) in [4.78, 5) is 22.1. The van der Waals surface area contributed by atoms with E-state index in [1.165, 1.54) is 12.1 Å². The summed E-state index contributed by atoms with van der Waals surface area (Å²) in [6, 6.07) is 9.01. The van der Waals surface area contributed by atoms with E-state index in [0.29, 0.717) is 11.4 Å². The standard InChI is InChI=1S/C20H22Cl2N2O4/c1-3-4-23-14-6-12(2)5-13(7-14)11-28-20-16(21)8-15(9-17(20)22)24-18(25)10-19(26)27/h5-9,23H,3-4,10-11H2,1-2H3,(H,24,25)(H,26,27). The number of hydrogen-bond acceptors (Lipinski definition) is 4. The molecule has 0 aromatic heterocycles. The van der Waals surface area contributed by atoms with Gasteiger partial charge >= 0.3 is 5.97 Å². The number of amides is 1. The van der Waals surface area contributed by atoms with Gasteiger partial charge in [-0.3, -0.25) is 9.59 Å². The first-order valence-electron chi connectivity index (χ1n) is 8.76. The van der Waals surface area contributed by atoms with Crippen molar-refractivity contribution in [2.24, 2.45) is 0 Å². The van der Waals surface area contributed by atoms with E-state index in [9.17, 15) is 9.59 Å². The average Bonchev–Trinajstić information content (AvgIpc) is 2.58. The van der Waals surface area contributed by atoms with Crippen molar-refractivity contribution in [2.75, 3.05) is 17.2 Å². The molecule has 0 unspecified atom stereocenters. The minimum atomic E-state index is -1.22. The third kappa shape index (κ3) is 6.62. The molecule has 0 fully saturated rings. The highest BCUT2D eigenvalue weighted by Crippen LogP contribution is 2.36. The monoisotopic (exact) mass is 424 g/mol. The van der Waals surface area contributed by atoms with Crippen molar-refractivity contribution in [3.8, 4) is 5.75 Å². The molecular formula is C20H22Cl2N2O4. The minimum absolute atomic E-state index is 0.218. The van der Waals surface area contributed by atoms with Gasteiger partial charge in [0.25, 0.3) is 0 Å². The number of aliphatic carboxylic acids is 1. The lowest BCUT2D eigenvalue weighted by molar-refractivity contribution is -0.139. The van der Waals surface area contributed by atoms with Crippen LogP contribution < -0.4 is 15.4 Å². The molecule has 0 spiro atoms. The van der Waals surface area contributed by atoms with Crippen LogP contribution in [0.2, 0.25) is 10.0 Å². The molecule has 2 aromatic carbocycles. The number of anilines is 2. The third-order valence-corrected chi connectivity index (χ3v) is 4.25. The molecule has 0 aliphatic rings. The van der Waals surface area contributed by atoms with Crippen molar-refractivity contribution in [2.45, 2.75) is 33.3 Å². The Morgan fingerprint density at radius 3 is 2.36 bits per heavy atom. The van der Waals surface area contributed by atoms with Gasteiger partial charge in [0.05, 0.1) is 10.0 Å². The summed E-state index contributed by atoms with van der Waals surface area (Å²) in [6.45, 7) is 5.27. The average molecular weight is 425 g/mol. The maximum absolute atomic E-state index is 11.6. The molecule has 8 heteroatoms. The predicted octanol–water partition coefficient (Wildman–Crippen LogP) is 5.12. The summed E-state index contributed by atoms with van der Waals surface area (Å²) < 4.78 is 5.79. The van der Waals surface area contributed by atoms with E-state index in [4.69, 9.17) is 33.0 Å².